The number of unbranched alkanes of at least 4 members (excludes halogenated alkanes) is 1. The maximum absolute atomic E-state index is 10.5. The fraction of sp³-hybridized carbons (Fsp3) is 0.786. The van der Waals surface area contributed by atoms with Gasteiger partial charge in [-0.3, -0.25) is 0 Å². The molecular weight excluding hydrogens is 214 g/mol. The number of aliphatic carboxylic acids is 1. The summed E-state index contributed by atoms with van der Waals surface area (Å²) >= 11 is 0. The van der Waals surface area contributed by atoms with Crippen LogP contribution < -0.4 is 5.32 Å². The van der Waals surface area contributed by atoms with Gasteiger partial charge in [0, 0.05) is 18.7 Å². The van der Waals surface area contributed by atoms with Gasteiger partial charge in [0.25, 0.3) is 0 Å². The van der Waals surface area contributed by atoms with Crippen LogP contribution in [0.1, 0.15) is 52.4 Å². The van der Waals surface area contributed by atoms with E-state index in [4.69, 9.17) is 5.11 Å². The minimum Gasteiger partial charge on any atom is -0.478 e. The first-order chi connectivity index (χ1) is 8.11. The SMILES string of the molecule is C1CN1.C=C(CCC(CC)CCCC)C(=O)O. The predicted molar refractivity (Wildman–Crippen MR) is 72.2 cm³/mol. The highest BCUT2D eigenvalue weighted by molar-refractivity contribution is 5.85. The third kappa shape index (κ3) is 11.4. The van der Waals surface area contributed by atoms with Gasteiger partial charge in [0.1, 0.15) is 0 Å². The van der Waals surface area contributed by atoms with Crippen LogP contribution in [0.3, 0.4) is 0 Å². The zero-order chi connectivity index (χ0) is 13.1. The van der Waals surface area contributed by atoms with E-state index in [0.717, 1.165) is 12.8 Å². The molecule has 17 heavy (non-hydrogen) atoms. The molecule has 0 saturated carbocycles. The third-order valence-electron chi connectivity index (χ3n) is 2.95. The summed E-state index contributed by atoms with van der Waals surface area (Å²) in [7, 11) is 0. The van der Waals surface area contributed by atoms with E-state index in [2.05, 4.69) is 25.7 Å². The third-order valence-corrected chi connectivity index (χ3v) is 2.95. The molecule has 1 heterocycles. The summed E-state index contributed by atoms with van der Waals surface area (Å²) in [6, 6.07) is 0. The minimum absolute atomic E-state index is 0.347. The van der Waals surface area contributed by atoms with Crippen LogP contribution in [0.25, 0.3) is 0 Å². The van der Waals surface area contributed by atoms with Crippen molar-refractivity contribution in [3.63, 3.8) is 0 Å². The first-order valence-corrected chi connectivity index (χ1v) is 6.73. The fourth-order valence-electron chi connectivity index (χ4n) is 1.53. The predicted octanol–water partition coefficient (Wildman–Crippen LogP) is 3.21. The van der Waals surface area contributed by atoms with Gasteiger partial charge in [-0.05, 0) is 18.8 Å². The smallest absolute Gasteiger partial charge is 0.330 e. The zero-order valence-corrected chi connectivity index (χ0v) is 11.3. The van der Waals surface area contributed by atoms with Crippen LogP contribution in [0.15, 0.2) is 12.2 Å². The molecule has 1 fully saturated rings. The molecule has 1 rings (SSSR count). The van der Waals surface area contributed by atoms with E-state index >= 15 is 0 Å². The van der Waals surface area contributed by atoms with Crippen molar-refractivity contribution in [3.8, 4) is 0 Å². The minimum atomic E-state index is -0.852. The molecule has 100 valence electrons. The monoisotopic (exact) mass is 241 g/mol. The van der Waals surface area contributed by atoms with Crippen LogP contribution in [0.2, 0.25) is 0 Å². The molecule has 0 aromatic carbocycles. The Bertz CT molecular complexity index is 222. The van der Waals surface area contributed by atoms with E-state index in [1.54, 1.807) is 0 Å². The van der Waals surface area contributed by atoms with Gasteiger partial charge in [0.2, 0.25) is 0 Å². The quantitative estimate of drug-likeness (QED) is 0.507. The number of carboxylic acids is 1. The van der Waals surface area contributed by atoms with Crippen LogP contribution in [0, 0.1) is 5.92 Å². The molecule has 3 nitrogen and oxygen atoms in total. The maximum atomic E-state index is 10.5. The molecule has 1 unspecified atom stereocenters. The van der Waals surface area contributed by atoms with Crippen molar-refractivity contribution in [3.05, 3.63) is 12.2 Å². The van der Waals surface area contributed by atoms with Crippen molar-refractivity contribution >= 4 is 5.97 Å². The molecule has 0 spiro atoms. The summed E-state index contributed by atoms with van der Waals surface area (Å²) in [5.41, 5.74) is 0.347. The Morgan fingerprint density at radius 3 is 2.29 bits per heavy atom. The molecule has 1 aliphatic heterocycles. The maximum Gasteiger partial charge on any atom is 0.330 e. The van der Waals surface area contributed by atoms with Gasteiger partial charge in [-0.2, -0.15) is 0 Å². The van der Waals surface area contributed by atoms with Crippen molar-refractivity contribution in [1.82, 2.24) is 5.32 Å². The highest BCUT2D eigenvalue weighted by atomic mass is 16.4. The molecule has 0 aliphatic carbocycles. The Kier molecular flexibility index (Phi) is 9.83. The molecular formula is C14H27NO2. The molecule has 0 amide bonds. The van der Waals surface area contributed by atoms with E-state index < -0.39 is 5.97 Å². The van der Waals surface area contributed by atoms with Crippen molar-refractivity contribution in [2.75, 3.05) is 13.1 Å². The molecule has 1 saturated heterocycles. The Balaban J connectivity index is 0.000000728. The average Bonchev–Trinajstić information content (AvgIpc) is 3.16. The number of hydrogen-bond acceptors (Lipinski definition) is 2. The molecule has 0 radical (unpaired) electrons. The standard InChI is InChI=1S/C12H22O2.C2H5N/c1-4-6-7-11(5-2)9-8-10(3)12(13)14;1-2-3-1/h11H,3-9H2,1-2H3,(H,13,14);3H,1-2H2. The highest BCUT2D eigenvalue weighted by Crippen LogP contribution is 2.20. The van der Waals surface area contributed by atoms with Crippen LogP contribution in [0.4, 0.5) is 0 Å². The first-order valence-electron chi connectivity index (χ1n) is 6.73. The van der Waals surface area contributed by atoms with Gasteiger partial charge in [-0.1, -0.05) is 46.1 Å². The molecule has 1 aliphatic rings. The largest absolute Gasteiger partial charge is 0.478 e. The lowest BCUT2D eigenvalue weighted by Gasteiger charge is -2.13. The lowest BCUT2D eigenvalue weighted by atomic mass is 9.93. The lowest BCUT2D eigenvalue weighted by Crippen LogP contribution is -2.04. The van der Waals surface area contributed by atoms with Gasteiger partial charge in [0.05, 0.1) is 0 Å². The zero-order valence-electron chi connectivity index (χ0n) is 11.3. The van der Waals surface area contributed by atoms with E-state index in [1.807, 2.05) is 0 Å². The topological polar surface area (TPSA) is 59.2 Å². The number of carboxylic acid groups (broad SMARTS) is 1. The van der Waals surface area contributed by atoms with Crippen LogP contribution in [0.5, 0.6) is 0 Å². The normalized spacial score (nSPS) is 14.5. The highest BCUT2D eigenvalue weighted by Gasteiger charge is 2.09. The fourth-order valence-corrected chi connectivity index (χ4v) is 1.53. The average molecular weight is 241 g/mol. The molecule has 0 aromatic heterocycles. The Labute approximate surface area is 105 Å². The van der Waals surface area contributed by atoms with Gasteiger partial charge in [-0.25, -0.2) is 4.79 Å². The summed E-state index contributed by atoms with van der Waals surface area (Å²) < 4.78 is 0. The van der Waals surface area contributed by atoms with Crippen molar-refractivity contribution in [1.29, 1.82) is 0 Å². The van der Waals surface area contributed by atoms with Gasteiger partial charge < -0.3 is 10.4 Å². The number of hydrogen-bond donors (Lipinski definition) is 2. The summed E-state index contributed by atoms with van der Waals surface area (Å²) in [6.45, 7) is 10.4. The molecule has 2 N–H and O–H groups in total. The van der Waals surface area contributed by atoms with Gasteiger partial charge >= 0.3 is 5.97 Å². The van der Waals surface area contributed by atoms with E-state index in [0.29, 0.717) is 17.9 Å². The lowest BCUT2D eigenvalue weighted by molar-refractivity contribution is -0.132. The van der Waals surface area contributed by atoms with Crippen molar-refractivity contribution in [2.45, 2.75) is 52.4 Å². The van der Waals surface area contributed by atoms with Gasteiger partial charge in [0.15, 0.2) is 0 Å². The number of carbonyl (C=O) groups is 1. The Hall–Kier alpha value is -0.830. The van der Waals surface area contributed by atoms with Gasteiger partial charge in [-0.15, -0.1) is 0 Å². The van der Waals surface area contributed by atoms with E-state index in [9.17, 15) is 4.79 Å². The second-order valence-corrected chi connectivity index (χ2v) is 4.61. The summed E-state index contributed by atoms with van der Waals surface area (Å²) in [6.07, 6.45) is 6.44. The van der Waals surface area contributed by atoms with Crippen molar-refractivity contribution < 1.29 is 9.90 Å². The summed E-state index contributed by atoms with van der Waals surface area (Å²) in [4.78, 5) is 10.5. The molecule has 1 atom stereocenters. The van der Waals surface area contributed by atoms with Crippen LogP contribution in [-0.4, -0.2) is 24.2 Å². The van der Waals surface area contributed by atoms with Crippen LogP contribution >= 0.6 is 0 Å². The van der Waals surface area contributed by atoms with E-state index in [-0.39, 0.29) is 0 Å². The second-order valence-electron chi connectivity index (χ2n) is 4.61. The molecule has 0 aromatic rings. The number of nitrogens with one attached hydrogen (secondary N) is 1. The van der Waals surface area contributed by atoms with E-state index in [1.165, 1.54) is 32.4 Å². The second kappa shape index (κ2) is 10.3. The molecule has 3 heteroatoms. The summed E-state index contributed by atoms with van der Waals surface area (Å²) in [5, 5.41) is 11.6. The Morgan fingerprint density at radius 1 is 1.35 bits per heavy atom. The summed E-state index contributed by atoms with van der Waals surface area (Å²) in [5.74, 6) is -0.179. The van der Waals surface area contributed by atoms with Crippen molar-refractivity contribution in [2.24, 2.45) is 5.92 Å². The number of rotatable bonds is 8. The Morgan fingerprint density at radius 2 is 1.94 bits per heavy atom. The first kappa shape index (κ1) is 16.2. The molecule has 0 bridgehead atoms. The van der Waals surface area contributed by atoms with Crippen LogP contribution in [-0.2, 0) is 4.79 Å².